The second-order valence-electron chi connectivity index (χ2n) is 4.29. The Balaban J connectivity index is 2.42. The van der Waals surface area contributed by atoms with Crippen LogP contribution in [0.5, 0.6) is 5.75 Å². The van der Waals surface area contributed by atoms with Gasteiger partial charge < -0.3 is 9.47 Å². The zero-order valence-electron chi connectivity index (χ0n) is 11.0. The lowest BCUT2D eigenvalue weighted by atomic mass is 10.2. The highest BCUT2D eigenvalue weighted by Crippen LogP contribution is 2.21. The normalized spacial score (nSPS) is 12.0. The molecule has 4 heteroatoms. The van der Waals surface area contributed by atoms with Gasteiger partial charge in [-0.15, -0.1) is 0 Å². The minimum atomic E-state index is -0.342. The first kappa shape index (κ1) is 14.8. The number of benzene rings is 1. The Morgan fingerprint density at radius 1 is 1.44 bits per heavy atom. The molecule has 1 atom stereocenters. The first-order valence-corrected chi connectivity index (χ1v) is 6.49. The number of esters is 1. The molecule has 1 rings (SSSR count). The molecule has 0 fully saturated rings. The van der Waals surface area contributed by atoms with Crippen LogP contribution in [-0.4, -0.2) is 18.7 Å². The van der Waals surface area contributed by atoms with Gasteiger partial charge in [-0.25, -0.2) is 4.79 Å². The van der Waals surface area contributed by atoms with Crippen molar-refractivity contribution in [1.82, 2.24) is 0 Å². The standard InChI is InChI=1S/C14H19ClO3/c1-4-5-11(3)18-14(16)9-17-13-7-6-12(15)8-10(13)2/h6-8,11H,4-5,9H2,1-3H3. The smallest absolute Gasteiger partial charge is 0.344 e. The fourth-order valence-corrected chi connectivity index (χ4v) is 1.86. The molecule has 18 heavy (non-hydrogen) atoms. The van der Waals surface area contributed by atoms with Crippen LogP contribution in [0, 0.1) is 6.92 Å². The van der Waals surface area contributed by atoms with Gasteiger partial charge in [-0.2, -0.15) is 0 Å². The van der Waals surface area contributed by atoms with Crippen molar-refractivity contribution < 1.29 is 14.3 Å². The Kier molecular flexibility index (Phi) is 5.99. The summed E-state index contributed by atoms with van der Waals surface area (Å²) in [6, 6.07) is 5.28. The van der Waals surface area contributed by atoms with Gasteiger partial charge in [-0.3, -0.25) is 0 Å². The number of halogens is 1. The number of hydrogen-bond donors (Lipinski definition) is 0. The predicted octanol–water partition coefficient (Wildman–Crippen LogP) is 3.76. The Morgan fingerprint density at radius 2 is 2.17 bits per heavy atom. The van der Waals surface area contributed by atoms with E-state index < -0.39 is 0 Å². The fourth-order valence-electron chi connectivity index (χ4n) is 1.64. The summed E-state index contributed by atoms with van der Waals surface area (Å²) < 4.78 is 10.6. The van der Waals surface area contributed by atoms with Gasteiger partial charge in [0.2, 0.25) is 0 Å². The van der Waals surface area contributed by atoms with Gasteiger partial charge in [0, 0.05) is 5.02 Å². The quantitative estimate of drug-likeness (QED) is 0.739. The van der Waals surface area contributed by atoms with Crippen molar-refractivity contribution in [3.8, 4) is 5.75 Å². The molecule has 0 aliphatic heterocycles. The van der Waals surface area contributed by atoms with E-state index in [1.54, 1.807) is 18.2 Å². The van der Waals surface area contributed by atoms with Crippen molar-refractivity contribution in [2.45, 2.75) is 39.7 Å². The molecule has 1 aromatic carbocycles. The second-order valence-corrected chi connectivity index (χ2v) is 4.72. The fraction of sp³-hybridized carbons (Fsp3) is 0.500. The van der Waals surface area contributed by atoms with Crippen molar-refractivity contribution in [1.29, 1.82) is 0 Å². The average molecular weight is 271 g/mol. The van der Waals surface area contributed by atoms with E-state index in [0.29, 0.717) is 10.8 Å². The lowest BCUT2D eigenvalue weighted by Gasteiger charge is -2.13. The molecular formula is C14H19ClO3. The van der Waals surface area contributed by atoms with Crippen molar-refractivity contribution in [2.24, 2.45) is 0 Å². The number of hydrogen-bond acceptors (Lipinski definition) is 3. The lowest BCUT2D eigenvalue weighted by molar-refractivity contribution is -0.150. The second kappa shape index (κ2) is 7.27. The highest BCUT2D eigenvalue weighted by atomic mass is 35.5. The summed E-state index contributed by atoms with van der Waals surface area (Å²) in [5.41, 5.74) is 0.900. The molecule has 1 unspecified atom stereocenters. The monoisotopic (exact) mass is 270 g/mol. The third kappa shape index (κ3) is 4.96. The molecule has 0 radical (unpaired) electrons. The molecule has 1 aromatic rings. The molecular weight excluding hydrogens is 252 g/mol. The van der Waals surface area contributed by atoms with Crippen LogP contribution in [0.2, 0.25) is 5.02 Å². The third-order valence-electron chi connectivity index (χ3n) is 2.51. The van der Waals surface area contributed by atoms with E-state index in [2.05, 4.69) is 6.92 Å². The summed E-state index contributed by atoms with van der Waals surface area (Å²) in [6.45, 7) is 5.75. The SMILES string of the molecule is CCCC(C)OC(=O)COc1ccc(Cl)cc1C. The van der Waals surface area contributed by atoms with Crippen molar-refractivity contribution in [2.75, 3.05) is 6.61 Å². The number of aryl methyl sites for hydroxylation is 1. The Morgan fingerprint density at radius 3 is 2.78 bits per heavy atom. The van der Waals surface area contributed by atoms with Gasteiger partial charge in [0.1, 0.15) is 5.75 Å². The maximum Gasteiger partial charge on any atom is 0.344 e. The van der Waals surface area contributed by atoms with E-state index in [1.807, 2.05) is 13.8 Å². The van der Waals surface area contributed by atoms with Crippen molar-refractivity contribution in [3.05, 3.63) is 28.8 Å². The van der Waals surface area contributed by atoms with Crippen LogP contribution >= 0.6 is 11.6 Å². The summed E-state index contributed by atoms with van der Waals surface area (Å²) in [5, 5.41) is 0.652. The molecule has 0 saturated heterocycles. The Labute approximate surface area is 113 Å². The number of carbonyl (C=O) groups is 1. The molecule has 0 spiro atoms. The van der Waals surface area contributed by atoms with E-state index in [9.17, 15) is 4.79 Å². The molecule has 0 aromatic heterocycles. The molecule has 100 valence electrons. The van der Waals surface area contributed by atoms with Crippen LogP contribution in [0.3, 0.4) is 0 Å². The zero-order chi connectivity index (χ0) is 13.5. The van der Waals surface area contributed by atoms with Crippen LogP contribution in [0.1, 0.15) is 32.3 Å². The predicted molar refractivity (Wildman–Crippen MR) is 72.1 cm³/mol. The molecule has 0 aliphatic carbocycles. The first-order valence-electron chi connectivity index (χ1n) is 6.11. The highest BCUT2D eigenvalue weighted by molar-refractivity contribution is 6.30. The van der Waals surface area contributed by atoms with Crippen LogP contribution in [-0.2, 0) is 9.53 Å². The van der Waals surface area contributed by atoms with E-state index in [1.165, 1.54) is 0 Å². The summed E-state index contributed by atoms with van der Waals surface area (Å²) in [5.74, 6) is 0.310. The third-order valence-corrected chi connectivity index (χ3v) is 2.75. The van der Waals surface area contributed by atoms with E-state index >= 15 is 0 Å². The van der Waals surface area contributed by atoms with Crippen LogP contribution in [0.15, 0.2) is 18.2 Å². The maximum absolute atomic E-state index is 11.5. The summed E-state index contributed by atoms with van der Waals surface area (Å²) >= 11 is 5.84. The molecule has 0 heterocycles. The Hall–Kier alpha value is -1.22. The number of carbonyl (C=O) groups excluding carboxylic acids is 1. The van der Waals surface area contributed by atoms with Gasteiger partial charge >= 0.3 is 5.97 Å². The largest absolute Gasteiger partial charge is 0.482 e. The van der Waals surface area contributed by atoms with Gasteiger partial charge in [0.05, 0.1) is 6.10 Å². The van der Waals surface area contributed by atoms with Gasteiger partial charge in [0.15, 0.2) is 6.61 Å². The Bertz CT molecular complexity index is 404. The van der Waals surface area contributed by atoms with Crippen molar-refractivity contribution in [3.63, 3.8) is 0 Å². The highest BCUT2D eigenvalue weighted by Gasteiger charge is 2.10. The van der Waals surface area contributed by atoms with Gasteiger partial charge in [0.25, 0.3) is 0 Å². The van der Waals surface area contributed by atoms with Crippen molar-refractivity contribution >= 4 is 17.6 Å². The summed E-state index contributed by atoms with van der Waals surface area (Å²) in [4.78, 5) is 11.5. The maximum atomic E-state index is 11.5. The number of ether oxygens (including phenoxy) is 2. The van der Waals surface area contributed by atoms with E-state index in [4.69, 9.17) is 21.1 Å². The molecule has 0 N–H and O–H groups in total. The van der Waals surface area contributed by atoms with Crippen LogP contribution < -0.4 is 4.74 Å². The molecule has 0 saturated carbocycles. The lowest BCUT2D eigenvalue weighted by Crippen LogP contribution is -2.20. The first-order chi connectivity index (χ1) is 8.52. The molecule has 0 aliphatic rings. The summed E-state index contributed by atoms with van der Waals surface area (Å²) in [7, 11) is 0. The minimum Gasteiger partial charge on any atom is -0.482 e. The molecule has 0 amide bonds. The van der Waals surface area contributed by atoms with Gasteiger partial charge in [-0.1, -0.05) is 24.9 Å². The summed E-state index contributed by atoms with van der Waals surface area (Å²) in [6.07, 6.45) is 1.80. The van der Waals surface area contributed by atoms with E-state index in [0.717, 1.165) is 18.4 Å². The molecule has 3 nitrogen and oxygen atoms in total. The topological polar surface area (TPSA) is 35.5 Å². The van der Waals surface area contributed by atoms with E-state index in [-0.39, 0.29) is 18.7 Å². The van der Waals surface area contributed by atoms with Crippen LogP contribution in [0.4, 0.5) is 0 Å². The zero-order valence-corrected chi connectivity index (χ0v) is 11.8. The minimum absolute atomic E-state index is 0.0579. The average Bonchev–Trinajstić information content (AvgIpc) is 2.28. The molecule has 0 bridgehead atoms. The van der Waals surface area contributed by atoms with Crippen LogP contribution in [0.25, 0.3) is 0 Å². The van der Waals surface area contributed by atoms with Gasteiger partial charge in [-0.05, 0) is 44.0 Å². The number of rotatable bonds is 6.